The number of methoxy groups -OCH3 is 4. The first-order valence-corrected chi connectivity index (χ1v) is 9.02. The average molecular weight is 405 g/mol. The molecular formula is C18H18N2O4Se. The monoisotopic (exact) mass is 406 g/mol. The number of hydrogen-bond acceptors (Lipinski definition) is 6. The number of hydrogen-bond donors (Lipinski definition) is 0. The fraction of sp³-hybridized carbons (Fsp3) is 0.222. The Morgan fingerprint density at radius 2 is 1.24 bits per heavy atom. The summed E-state index contributed by atoms with van der Waals surface area (Å²) in [5, 5.41) is 0. The second-order valence-electron chi connectivity index (χ2n) is 5.10. The SMILES string of the molecule is COc1ccc(-c2n[se]nc2-c2cc(OC)c(OC)c(OC)c2)cc1. The Hall–Kier alpha value is -2.50. The molecule has 0 unspecified atom stereocenters. The van der Waals surface area contributed by atoms with Crippen molar-refractivity contribution in [3.05, 3.63) is 36.4 Å². The van der Waals surface area contributed by atoms with E-state index in [9.17, 15) is 0 Å². The van der Waals surface area contributed by atoms with E-state index in [1.807, 2.05) is 36.4 Å². The van der Waals surface area contributed by atoms with Crippen molar-refractivity contribution in [3.63, 3.8) is 0 Å². The number of aromatic nitrogens is 2. The van der Waals surface area contributed by atoms with Crippen LogP contribution in [0.4, 0.5) is 0 Å². The first-order valence-electron chi connectivity index (χ1n) is 7.49. The van der Waals surface area contributed by atoms with E-state index >= 15 is 0 Å². The van der Waals surface area contributed by atoms with Crippen molar-refractivity contribution >= 4 is 15.0 Å². The van der Waals surface area contributed by atoms with Gasteiger partial charge in [-0.05, 0) is 0 Å². The van der Waals surface area contributed by atoms with E-state index in [1.165, 1.54) is 0 Å². The third-order valence-corrected chi connectivity index (χ3v) is 4.90. The van der Waals surface area contributed by atoms with Crippen molar-refractivity contribution in [2.24, 2.45) is 0 Å². The number of benzene rings is 2. The Morgan fingerprint density at radius 3 is 1.72 bits per heavy atom. The molecule has 0 spiro atoms. The molecule has 0 aliphatic carbocycles. The Labute approximate surface area is 152 Å². The molecule has 0 aliphatic rings. The van der Waals surface area contributed by atoms with E-state index in [2.05, 4.69) is 7.96 Å². The van der Waals surface area contributed by atoms with Crippen LogP contribution in [0.3, 0.4) is 0 Å². The molecule has 7 heteroatoms. The second-order valence-corrected chi connectivity index (χ2v) is 6.21. The van der Waals surface area contributed by atoms with Crippen molar-refractivity contribution in [3.8, 4) is 45.5 Å². The van der Waals surface area contributed by atoms with Crippen LogP contribution >= 0.6 is 0 Å². The normalized spacial score (nSPS) is 10.4. The molecule has 0 aliphatic heterocycles. The van der Waals surface area contributed by atoms with Gasteiger partial charge in [-0.3, -0.25) is 0 Å². The predicted octanol–water partition coefficient (Wildman–Crippen LogP) is 2.90. The van der Waals surface area contributed by atoms with Gasteiger partial charge in [0.05, 0.1) is 0 Å². The van der Waals surface area contributed by atoms with Gasteiger partial charge in [0.2, 0.25) is 0 Å². The summed E-state index contributed by atoms with van der Waals surface area (Å²) in [6.07, 6.45) is 0. The minimum atomic E-state index is -0.176. The third-order valence-electron chi connectivity index (χ3n) is 3.79. The molecule has 0 radical (unpaired) electrons. The molecule has 25 heavy (non-hydrogen) atoms. The molecule has 3 aromatic rings. The summed E-state index contributed by atoms with van der Waals surface area (Å²) >= 11 is -0.176. The van der Waals surface area contributed by atoms with Gasteiger partial charge in [-0.2, -0.15) is 0 Å². The number of ether oxygens (including phenoxy) is 4. The van der Waals surface area contributed by atoms with Crippen molar-refractivity contribution in [2.75, 3.05) is 28.4 Å². The van der Waals surface area contributed by atoms with E-state index < -0.39 is 0 Å². The first-order chi connectivity index (χ1) is 12.2. The summed E-state index contributed by atoms with van der Waals surface area (Å²) in [7, 11) is 6.42. The summed E-state index contributed by atoms with van der Waals surface area (Å²) in [4.78, 5) is 0. The molecule has 2 aromatic carbocycles. The van der Waals surface area contributed by atoms with Crippen LogP contribution in [0.5, 0.6) is 23.0 Å². The number of nitrogens with zero attached hydrogens (tertiary/aromatic N) is 2. The molecule has 3 rings (SSSR count). The average Bonchev–Trinajstić information content (AvgIpc) is 3.16. The molecule has 0 saturated carbocycles. The Bertz CT molecular complexity index is 837. The fourth-order valence-corrected chi connectivity index (χ4v) is 3.77. The van der Waals surface area contributed by atoms with Gasteiger partial charge in [0.15, 0.2) is 0 Å². The first kappa shape index (κ1) is 17.3. The van der Waals surface area contributed by atoms with Gasteiger partial charge in [-0.1, -0.05) is 0 Å². The summed E-state index contributed by atoms with van der Waals surface area (Å²) < 4.78 is 30.7. The summed E-state index contributed by atoms with van der Waals surface area (Å²) in [6.45, 7) is 0. The molecule has 0 saturated heterocycles. The van der Waals surface area contributed by atoms with Crippen molar-refractivity contribution in [1.82, 2.24) is 7.96 Å². The van der Waals surface area contributed by atoms with Crippen LogP contribution < -0.4 is 18.9 Å². The maximum atomic E-state index is 5.44. The van der Waals surface area contributed by atoms with Crippen molar-refractivity contribution in [2.45, 2.75) is 0 Å². The molecular weight excluding hydrogens is 387 g/mol. The molecule has 130 valence electrons. The van der Waals surface area contributed by atoms with Crippen molar-refractivity contribution < 1.29 is 18.9 Å². The topological polar surface area (TPSA) is 62.7 Å². The summed E-state index contributed by atoms with van der Waals surface area (Å²) in [5.74, 6) is 2.54. The van der Waals surface area contributed by atoms with Gasteiger partial charge in [0, 0.05) is 0 Å². The summed E-state index contributed by atoms with van der Waals surface area (Å²) in [5.41, 5.74) is 3.55. The molecule has 0 amide bonds. The summed E-state index contributed by atoms with van der Waals surface area (Å²) in [6, 6.07) is 11.6. The van der Waals surface area contributed by atoms with Gasteiger partial charge in [-0.15, -0.1) is 0 Å². The minimum absolute atomic E-state index is 0.176. The van der Waals surface area contributed by atoms with E-state index in [0.717, 1.165) is 28.3 Å². The zero-order valence-electron chi connectivity index (χ0n) is 14.4. The van der Waals surface area contributed by atoms with E-state index in [-0.39, 0.29) is 15.0 Å². The van der Waals surface area contributed by atoms with Gasteiger partial charge in [0.1, 0.15) is 0 Å². The standard InChI is InChI=1S/C18H18N2O4Se/c1-21-13-7-5-11(6-8-13)16-17(20-25-19-16)12-9-14(22-2)18(24-4)15(10-12)23-3/h5-10H,1-4H3. The Kier molecular flexibility index (Phi) is 5.26. The Balaban J connectivity index is 2.10. The van der Waals surface area contributed by atoms with Crippen LogP contribution in [0.25, 0.3) is 22.5 Å². The third kappa shape index (κ3) is 3.34. The van der Waals surface area contributed by atoms with Gasteiger partial charge >= 0.3 is 152 Å². The van der Waals surface area contributed by atoms with E-state index in [4.69, 9.17) is 18.9 Å². The van der Waals surface area contributed by atoms with Gasteiger partial charge in [-0.25, -0.2) is 0 Å². The molecule has 0 N–H and O–H groups in total. The van der Waals surface area contributed by atoms with Crippen LogP contribution in [0.15, 0.2) is 36.4 Å². The van der Waals surface area contributed by atoms with E-state index in [1.54, 1.807) is 28.4 Å². The fourth-order valence-electron chi connectivity index (χ4n) is 2.53. The van der Waals surface area contributed by atoms with Gasteiger partial charge < -0.3 is 0 Å². The zero-order chi connectivity index (χ0) is 17.8. The second kappa shape index (κ2) is 7.59. The van der Waals surface area contributed by atoms with Crippen LogP contribution in [-0.2, 0) is 0 Å². The molecule has 0 fully saturated rings. The predicted molar refractivity (Wildman–Crippen MR) is 96.1 cm³/mol. The zero-order valence-corrected chi connectivity index (χ0v) is 16.1. The van der Waals surface area contributed by atoms with Crippen LogP contribution in [0, 0.1) is 0 Å². The van der Waals surface area contributed by atoms with Gasteiger partial charge in [0.25, 0.3) is 0 Å². The molecule has 0 atom stereocenters. The Morgan fingerprint density at radius 1 is 0.680 bits per heavy atom. The quantitative estimate of drug-likeness (QED) is 0.588. The van der Waals surface area contributed by atoms with E-state index in [0.29, 0.717) is 17.2 Å². The molecule has 0 bridgehead atoms. The molecule has 1 aromatic heterocycles. The maximum absolute atomic E-state index is 5.44. The van der Waals surface area contributed by atoms with Crippen LogP contribution in [0.1, 0.15) is 0 Å². The molecule has 6 nitrogen and oxygen atoms in total. The number of rotatable bonds is 6. The van der Waals surface area contributed by atoms with Crippen LogP contribution in [0.2, 0.25) is 0 Å². The van der Waals surface area contributed by atoms with Crippen molar-refractivity contribution in [1.29, 1.82) is 0 Å². The van der Waals surface area contributed by atoms with Crippen LogP contribution in [-0.4, -0.2) is 51.4 Å². The molecule has 1 heterocycles.